The highest BCUT2D eigenvalue weighted by Crippen LogP contribution is 2.43. The van der Waals surface area contributed by atoms with Gasteiger partial charge in [-0.2, -0.15) is 0 Å². The van der Waals surface area contributed by atoms with Crippen molar-refractivity contribution in [3.05, 3.63) is 71.3 Å². The van der Waals surface area contributed by atoms with Crippen LogP contribution in [0.4, 0.5) is 4.79 Å². The smallest absolute Gasteiger partial charge is 0.410 e. The molecule has 1 N–H and O–H groups in total. The number of ether oxygens (including phenoxy) is 4. The van der Waals surface area contributed by atoms with Gasteiger partial charge in [0.15, 0.2) is 6.29 Å². The lowest BCUT2D eigenvalue weighted by molar-refractivity contribution is -0.141. The van der Waals surface area contributed by atoms with Gasteiger partial charge in [-0.3, -0.25) is 4.90 Å². The van der Waals surface area contributed by atoms with Crippen LogP contribution in [0.3, 0.4) is 0 Å². The molecule has 2 aromatic rings. The summed E-state index contributed by atoms with van der Waals surface area (Å²) in [5.41, 5.74) is 1.36. The van der Waals surface area contributed by atoms with E-state index in [2.05, 4.69) is 0 Å². The summed E-state index contributed by atoms with van der Waals surface area (Å²) in [7, 11) is 3.14. The van der Waals surface area contributed by atoms with Crippen molar-refractivity contribution < 1.29 is 28.8 Å². The van der Waals surface area contributed by atoms with E-state index in [0.717, 1.165) is 16.7 Å². The molecule has 0 saturated carbocycles. The van der Waals surface area contributed by atoms with Crippen LogP contribution in [0.1, 0.15) is 35.8 Å². The molecular weight excluding hydrogens is 398 g/mol. The predicted molar refractivity (Wildman–Crippen MR) is 113 cm³/mol. The number of piperidine rings is 1. The minimum absolute atomic E-state index is 0.215. The van der Waals surface area contributed by atoms with E-state index in [0.29, 0.717) is 26.1 Å². The van der Waals surface area contributed by atoms with Gasteiger partial charge in [0, 0.05) is 32.6 Å². The third kappa shape index (κ3) is 4.45. The molecule has 2 bridgehead atoms. The van der Waals surface area contributed by atoms with Crippen molar-refractivity contribution in [2.45, 2.75) is 43.4 Å². The first-order valence-electron chi connectivity index (χ1n) is 10.5. The maximum absolute atomic E-state index is 12.9. The van der Waals surface area contributed by atoms with Gasteiger partial charge in [0.1, 0.15) is 6.61 Å². The number of hydrogen-bond acceptors (Lipinski definition) is 6. The molecule has 1 amide bonds. The van der Waals surface area contributed by atoms with Crippen molar-refractivity contribution >= 4 is 6.09 Å². The molecule has 0 spiro atoms. The van der Waals surface area contributed by atoms with Crippen molar-refractivity contribution in [3.8, 4) is 0 Å². The van der Waals surface area contributed by atoms with Crippen molar-refractivity contribution in [1.82, 2.24) is 4.90 Å². The number of carbonyl (C=O) groups excluding carboxylic acids is 1. The first-order valence-corrected chi connectivity index (χ1v) is 10.5. The van der Waals surface area contributed by atoms with Crippen LogP contribution in [0.25, 0.3) is 0 Å². The molecule has 0 aliphatic carbocycles. The topological polar surface area (TPSA) is 77.5 Å². The Bertz CT molecular complexity index is 871. The summed E-state index contributed by atoms with van der Waals surface area (Å²) in [6.45, 7) is 0.936. The largest absolute Gasteiger partial charge is 0.445 e. The van der Waals surface area contributed by atoms with Gasteiger partial charge < -0.3 is 24.1 Å². The van der Waals surface area contributed by atoms with Crippen LogP contribution in [-0.2, 0) is 31.2 Å². The summed E-state index contributed by atoms with van der Waals surface area (Å²) >= 11 is 0. The Labute approximate surface area is 182 Å². The molecule has 31 heavy (non-hydrogen) atoms. The number of fused-ring (bicyclic) bond motifs is 2. The molecule has 2 unspecified atom stereocenters. The minimum atomic E-state index is -1.12. The van der Waals surface area contributed by atoms with Crippen molar-refractivity contribution in [2.75, 3.05) is 27.4 Å². The molecule has 7 heteroatoms. The van der Waals surface area contributed by atoms with Gasteiger partial charge in [-0.15, -0.1) is 0 Å². The van der Waals surface area contributed by atoms with E-state index in [1.165, 1.54) is 0 Å². The van der Waals surface area contributed by atoms with E-state index in [9.17, 15) is 9.90 Å². The van der Waals surface area contributed by atoms with E-state index in [1.54, 1.807) is 19.1 Å². The van der Waals surface area contributed by atoms with Gasteiger partial charge in [0.25, 0.3) is 0 Å². The van der Waals surface area contributed by atoms with Crippen LogP contribution in [0.2, 0.25) is 0 Å². The van der Waals surface area contributed by atoms with Gasteiger partial charge in [-0.05, 0) is 11.1 Å². The Morgan fingerprint density at radius 1 is 1.06 bits per heavy atom. The van der Waals surface area contributed by atoms with Crippen LogP contribution in [0, 0.1) is 0 Å². The summed E-state index contributed by atoms with van der Waals surface area (Å²) in [4.78, 5) is 14.7. The SMILES string of the molecule is COC(OC)c1ccccc1C1(O)CC2COCC(C1)N2C(=O)OCc1ccccc1. The lowest BCUT2D eigenvalue weighted by Gasteiger charge is -2.51. The summed E-state index contributed by atoms with van der Waals surface area (Å²) in [6.07, 6.45) is -0.253. The summed E-state index contributed by atoms with van der Waals surface area (Å²) in [5, 5.41) is 11.7. The number of aliphatic hydroxyl groups is 1. The number of benzene rings is 2. The number of nitrogens with zero attached hydrogens (tertiary/aromatic N) is 1. The van der Waals surface area contributed by atoms with Gasteiger partial charge in [-0.1, -0.05) is 54.6 Å². The van der Waals surface area contributed by atoms with E-state index >= 15 is 0 Å². The summed E-state index contributed by atoms with van der Waals surface area (Å²) in [6, 6.07) is 16.6. The Morgan fingerprint density at radius 3 is 2.32 bits per heavy atom. The molecule has 2 atom stereocenters. The number of amides is 1. The third-order valence-electron chi connectivity index (χ3n) is 6.11. The zero-order valence-electron chi connectivity index (χ0n) is 17.9. The molecule has 7 nitrogen and oxygen atoms in total. The van der Waals surface area contributed by atoms with Crippen LogP contribution < -0.4 is 0 Å². The van der Waals surface area contributed by atoms with Crippen LogP contribution >= 0.6 is 0 Å². The first-order chi connectivity index (χ1) is 15.1. The number of methoxy groups -OCH3 is 2. The standard InChI is InChI=1S/C24H29NO6/c1-28-22(29-2)20-10-6-7-11-21(20)24(27)12-18-15-30-16-19(13-24)25(18)23(26)31-14-17-8-4-3-5-9-17/h3-11,18-19,22,27H,12-16H2,1-2H3. The maximum atomic E-state index is 12.9. The second kappa shape index (κ2) is 9.36. The molecule has 2 saturated heterocycles. The fourth-order valence-electron chi connectivity index (χ4n) is 4.76. The highest BCUT2D eigenvalue weighted by Gasteiger charge is 2.50. The fraction of sp³-hybridized carbons (Fsp3) is 0.458. The normalized spacial score (nSPS) is 25.5. The lowest BCUT2D eigenvalue weighted by atomic mass is 9.75. The lowest BCUT2D eigenvalue weighted by Crippen LogP contribution is -2.62. The summed E-state index contributed by atoms with van der Waals surface area (Å²) in [5.74, 6) is 0. The van der Waals surface area contributed by atoms with Crippen LogP contribution in [-0.4, -0.2) is 55.6 Å². The zero-order chi connectivity index (χ0) is 21.8. The molecule has 2 fully saturated rings. The van der Waals surface area contributed by atoms with Gasteiger partial charge >= 0.3 is 6.09 Å². The molecule has 2 aliphatic heterocycles. The second-order valence-electron chi connectivity index (χ2n) is 8.12. The number of morpholine rings is 1. The third-order valence-corrected chi connectivity index (χ3v) is 6.11. The molecule has 166 valence electrons. The quantitative estimate of drug-likeness (QED) is 0.713. The van der Waals surface area contributed by atoms with Gasteiger partial charge in [0.05, 0.1) is 30.9 Å². The van der Waals surface area contributed by atoms with Gasteiger partial charge in [-0.25, -0.2) is 4.79 Å². The Balaban J connectivity index is 1.54. The van der Waals surface area contributed by atoms with E-state index in [4.69, 9.17) is 18.9 Å². The monoisotopic (exact) mass is 427 g/mol. The van der Waals surface area contributed by atoms with Crippen molar-refractivity contribution in [1.29, 1.82) is 0 Å². The Morgan fingerprint density at radius 2 is 1.68 bits per heavy atom. The molecule has 2 aliphatic rings. The van der Waals surface area contributed by atoms with Crippen molar-refractivity contribution in [2.24, 2.45) is 0 Å². The highest BCUT2D eigenvalue weighted by molar-refractivity contribution is 5.69. The molecule has 4 rings (SSSR count). The number of rotatable bonds is 6. The minimum Gasteiger partial charge on any atom is -0.445 e. The van der Waals surface area contributed by atoms with E-state index in [1.807, 2.05) is 54.6 Å². The van der Waals surface area contributed by atoms with Crippen LogP contribution in [0.5, 0.6) is 0 Å². The van der Waals surface area contributed by atoms with E-state index in [-0.39, 0.29) is 24.8 Å². The maximum Gasteiger partial charge on any atom is 0.410 e. The average molecular weight is 427 g/mol. The molecule has 2 aromatic carbocycles. The average Bonchev–Trinajstić information content (AvgIpc) is 2.79. The predicted octanol–water partition coefficient (Wildman–Crippen LogP) is 3.37. The molecule has 2 heterocycles. The highest BCUT2D eigenvalue weighted by atomic mass is 16.7. The van der Waals surface area contributed by atoms with Crippen LogP contribution in [0.15, 0.2) is 54.6 Å². The van der Waals surface area contributed by atoms with Crippen molar-refractivity contribution in [3.63, 3.8) is 0 Å². The Kier molecular flexibility index (Phi) is 6.57. The molecule has 0 radical (unpaired) electrons. The Hall–Kier alpha value is -2.45. The van der Waals surface area contributed by atoms with E-state index < -0.39 is 11.9 Å². The summed E-state index contributed by atoms with van der Waals surface area (Å²) < 4.78 is 22.2. The number of hydrogen-bond donors (Lipinski definition) is 1. The van der Waals surface area contributed by atoms with Gasteiger partial charge in [0.2, 0.25) is 0 Å². The zero-order valence-corrected chi connectivity index (χ0v) is 17.9. The molecular formula is C24H29NO6. The second-order valence-corrected chi connectivity index (χ2v) is 8.12. The first kappa shape index (κ1) is 21.8. The fourth-order valence-corrected chi connectivity index (χ4v) is 4.76. The molecule has 0 aromatic heterocycles. The number of carbonyl (C=O) groups is 1.